The lowest BCUT2D eigenvalue weighted by Gasteiger charge is -2.09. The third kappa shape index (κ3) is 2.88. The number of aromatic nitrogens is 4. The predicted octanol–water partition coefficient (Wildman–Crippen LogP) is 1.68. The van der Waals surface area contributed by atoms with Crippen LogP contribution >= 0.6 is 15.9 Å². The molecular formula is C10H11BrN6. The van der Waals surface area contributed by atoms with E-state index >= 15 is 0 Å². The van der Waals surface area contributed by atoms with E-state index in [9.17, 15) is 0 Å². The summed E-state index contributed by atoms with van der Waals surface area (Å²) in [6.45, 7) is 0.562. The van der Waals surface area contributed by atoms with Crippen molar-refractivity contribution in [2.75, 3.05) is 17.7 Å². The predicted molar refractivity (Wildman–Crippen MR) is 68.6 cm³/mol. The van der Waals surface area contributed by atoms with Gasteiger partial charge in [-0.1, -0.05) is 0 Å². The molecule has 2 rings (SSSR count). The molecule has 0 bridgehead atoms. The van der Waals surface area contributed by atoms with Gasteiger partial charge in [0.1, 0.15) is 22.4 Å². The molecule has 6 nitrogen and oxygen atoms in total. The molecule has 0 saturated heterocycles. The highest BCUT2D eigenvalue weighted by Crippen LogP contribution is 2.26. The van der Waals surface area contributed by atoms with Crippen molar-refractivity contribution in [2.45, 2.75) is 6.54 Å². The van der Waals surface area contributed by atoms with E-state index in [1.807, 2.05) is 12.1 Å². The van der Waals surface area contributed by atoms with E-state index in [-0.39, 0.29) is 0 Å². The van der Waals surface area contributed by atoms with E-state index in [1.165, 1.54) is 6.33 Å². The van der Waals surface area contributed by atoms with Crippen molar-refractivity contribution in [3.05, 3.63) is 34.8 Å². The molecule has 2 heterocycles. The zero-order valence-electron chi connectivity index (χ0n) is 9.18. The molecular weight excluding hydrogens is 284 g/mol. The molecule has 0 aromatic carbocycles. The lowest BCUT2D eigenvalue weighted by atomic mass is 10.4. The standard InChI is InChI=1S/C10H11BrN6/c1-12-9-8(11)10(15-6-14-9)13-5-7-3-2-4-16-17-7/h2-4,6H,5H2,1H3,(H2,12,13,14,15). The number of nitrogens with one attached hydrogen (secondary N) is 2. The molecule has 0 amide bonds. The van der Waals surface area contributed by atoms with Gasteiger partial charge in [0.2, 0.25) is 0 Å². The largest absolute Gasteiger partial charge is 0.372 e. The van der Waals surface area contributed by atoms with Crippen molar-refractivity contribution in [1.82, 2.24) is 20.2 Å². The fourth-order valence-corrected chi connectivity index (χ4v) is 1.81. The van der Waals surface area contributed by atoms with Gasteiger partial charge in [0.25, 0.3) is 0 Å². The first kappa shape index (κ1) is 11.7. The number of hydrogen-bond donors (Lipinski definition) is 2. The number of anilines is 2. The molecule has 0 atom stereocenters. The Morgan fingerprint density at radius 3 is 2.82 bits per heavy atom. The maximum absolute atomic E-state index is 4.14. The molecule has 0 radical (unpaired) electrons. The van der Waals surface area contributed by atoms with Crippen LogP contribution in [0.4, 0.5) is 11.6 Å². The summed E-state index contributed by atoms with van der Waals surface area (Å²) < 4.78 is 0.798. The van der Waals surface area contributed by atoms with Crippen molar-refractivity contribution in [3.63, 3.8) is 0 Å². The van der Waals surface area contributed by atoms with Crippen LogP contribution in [0.5, 0.6) is 0 Å². The number of nitrogens with zero attached hydrogens (tertiary/aromatic N) is 4. The lowest BCUT2D eigenvalue weighted by molar-refractivity contribution is 0.918. The maximum atomic E-state index is 4.14. The molecule has 17 heavy (non-hydrogen) atoms. The van der Waals surface area contributed by atoms with Gasteiger partial charge in [0, 0.05) is 13.2 Å². The van der Waals surface area contributed by atoms with Crippen LogP contribution in [-0.4, -0.2) is 27.2 Å². The van der Waals surface area contributed by atoms with Gasteiger partial charge in [-0.3, -0.25) is 0 Å². The Bertz CT molecular complexity index is 489. The van der Waals surface area contributed by atoms with Gasteiger partial charge in [-0.15, -0.1) is 0 Å². The van der Waals surface area contributed by atoms with E-state index in [0.29, 0.717) is 6.54 Å². The number of rotatable bonds is 4. The smallest absolute Gasteiger partial charge is 0.146 e. The average Bonchev–Trinajstić information content (AvgIpc) is 2.39. The molecule has 2 aromatic heterocycles. The minimum atomic E-state index is 0.562. The summed E-state index contributed by atoms with van der Waals surface area (Å²) in [4.78, 5) is 8.22. The Hall–Kier alpha value is -1.76. The van der Waals surface area contributed by atoms with Crippen LogP contribution in [0.15, 0.2) is 29.1 Å². The van der Waals surface area contributed by atoms with Crippen LogP contribution in [0.3, 0.4) is 0 Å². The van der Waals surface area contributed by atoms with Crippen LogP contribution in [0.25, 0.3) is 0 Å². The van der Waals surface area contributed by atoms with Gasteiger partial charge < -0.3 is 10.6 Å². The summed E-state index contributed by atoms with van der Waals surface area (Å²) in [6, 6.07) is 3.74. The van der Waals surface area contributed by atoms with Crippen LogP contribution in [0.2, 0.25) is 0 Å². The van der Waals surface area contributed by atoms with Crippen molar-refractivity contribution in [1.29, 1.82) is 0 Å². The molecule has 0 aliphatic carbocycles. The molecule has 2 N–H and O–H groups in total. The van der Waals surface area contributed by atoms with Crippen LogP contribution in [0.1, 0.15) is 5.69 Å². The summed E-state index contributed by atoms with van der Waals surface area (Å²) in [5.74, 6) is 1.46. The maximum Gasteiger partial charge on any atom is 0.146 e. The minimum Gasteiger partial charge on any atom is -0.372 e. The molecule has 0 spiro atoms. The van der Waals surface area contributed by atoms with Crippen molar-refractivity contribution in [2.24, 2.45) is 0 Å². The second kappa shape index (κ2) is 5.53. The van der Waals surface area contributed by atoms with Crippen LogP contribution < -0.4 is 10.6 Å². The molecule has 2 aromatic rings. The molecule has 0 aliphatic heterocycles. The summed E-state index contributed by atoms with van der Waals surface area (Å²) in [5.41, 5.74) is 0.851. The number of halogens is 1. The van der Waals surface area contributed by atoms with Crippen LogP contribution in [-0.2, 0) is 6.54 Å². The van der Waals surface area contributed by atoms with Crippen LogP contribution in [0, 0.1) is 0 Å². The van der Waals surface area contributed by atoms with Gasteiger partial charge in [0.15, 0.2) is 0 Å². The fourth-order valence-electron chi connectivity index (χ4n) is 1.27. The first-order valence-electron chi connectivity index (χ1n) is 5.00. The van der Waals surface area contributed by atoms with Crippen molar-refractivity contribution in [3.8, 4) is 0 Å². The average molecular weight is 295 g/mol. The van der Waals surface area contributed by atoms with E-state index in [0.717, 1.165) is 21.8 Å². The first-order chi connectivity index (χ1) is 8.31. The number of hydrogen-bond acceptors (Lipinski definition) is 6. The Balaban J connectivity index is 2.09. The topological polar surface area (TPSA) is 75.6 Å². The molecule has 0 saturated carbocycles. The third-order valence-electron chi connectivity index (χ3n) is 2.09. The SMILES string of the molecule is CNc1ncnc(NCc2cccnn2)c1Br. The highest BCUT2D eigenvalue weighted by molar-refractivity contribution is 9.10. The Morgan fingerprint density at radius 1 is 1.29 bits per heavy atom. The second-order valence-corrected chi connectivity index (χ2v) is 4.00. The summed E-state index contributed by atoms with van der Waals surface area (Å²) >= 11 is 3.43. The Labute approximate surface area is 107 Å². The zero-order valence-corrected chi connectivity index (χ0v) is 10.8. The van der Waals surface area contributed by atoms with Gasteiger partial charge in [-0.2, -0.15) is 10.2 Å². The summed E-state index contributed by atoms with van der Waals surface area (Å²) in [6.07, 6.45) is 3.14. The summed E-state index contributed by atoms with van der Waals surface area (Å²) in [5, 5.41) is 13.9. The molecule has 0 aliphatic rings. The first-order valence-corrected chi connectivity index (χ1v) is 5.79. The van der Waals surface area contributed by atoms with E-state index < -0.39 is 0 Å². The highest BCUT2D eigenvalue weighted by atomic mass is 79.9. The van der Waals surface area contributed by atoms with Crippen molar-refractivity contribution < 1.29 is 0 Å². The monoisotopic (exact) mass is 294 g/mol. The van der Waals surface area contributed by atoms with E-state index in [4.69, 9.17) is 0 Å². The molecule has 0 unspecified atom stereocenters. The quantitative estimate of drug-likeness (QED) is 0.894. The molecule has 88 valence electrons. The third-order valence-corrected chi connectivity index (χ3v) is 2.84. The highest BCUT2D eigenvalue weighted by Gasteiger charge is 2.06. The van der Waals surface area contributed by atoms with Gasteiger partial charge in [0.05, 0.1) is 12.2 Å². The Morgan fingerprint density at radius 2 is 2.12 bits per heavy atom. The normalized spacial score (nSPS) is 10.0. The van der Waals surface area contributed by atoms with Crippen molar-refractivity contribution >= 4 is 27.6 Å². The Kier molecular flexibility index (Phi) is 3.81. The molecule has 0 fully saturated rings. The van der Waals surface area contributed by atoms with Gasteiger partial charge in [-0.25, -0.2) is 9.97 Å². The molecule has 7 heteroatoms. The van der Waals surface area contributed by atoms with Gasteiger partial charge in [-0.05, 0) is 28.1 Å². The zero-order chi connectivity index (χ0) is 12.1. The van der Waals surface area contributed by atoms with Gasteiger partial charge >= 0.3 is 0 Å². The fraction of sp³-hybridized carbons (Fsp3) is 0.200. The minimum absolute atomic E-state index is 0.562. The lowest BCUT2D eigenvalue weighted by Crippen LogP contribution is -2.06. The summed E-state index contributed by atoms with van der Waals surface area (Å²) in [7, 11) is 1.81. The van der Waals surface area contributed by atoms with E-state index in [2.05, 4.69) is 46.7 Å². The van der Waals surface area contributed by atoms with E-state index in [1.54, 1.807) is 13.2 Å². The second-order valence-electron chi connectivity index (χ2n) is 3.20.